The molecule has 60 valence electrons. The molecule has 0 aliphatic carbocycles. The van der Waals surface area contributed by atoms with Crippen molar-refractivity contribution in [1.82, 2.24) is 5.32 Å². The Morgan fingerprint density at radius 1 is 1.82 bits per heavy atom. The summed E-state index contributed by atoms with van der Waals surface area (Å²) in [5.74, 6) is 0.0995. The van der Waals surface area contributed by atoms with Crippen LogP contribution in [0.1, 0.15) is 11.8 Å². The van der Waals surface area contributed by atoms with Crippen molar-refractivity contribution in [1.29, 1.82) is 0 Å². The summed E-state index contributed by atoms with van der Waals surface area (Å²) in [6, 6.07) is 2.89. The molecular formula is C7H10N2O2. The van der Waals surface area contributed by atoms with Crippen LogP contribution >= 0.6 is 0 Å². The molecule has 1 unspecified atom stereocenters. The van der Waals surface area contributed by atoms with Gasteiger partial charge in [-0.1, -0.05) is 0 Å². The van der Waals surface area contributed by atoms with Gasteiger partial charge in [-0.2, -0.15) is 0 Å². The smallest absolute Gasteiger partial charge is 0.242 e. The molecule has 1 amide bonds. The number of amides is 1. The summed E-state index contributed by atoms with van der Waals surface area (Å²) in [5.41, 5.74) is 5.08. The van der Waals surface area contributed by atoms with Crippen molar-refractivity contribution in [3.8, 4) is 0 Å². The normalized spacial score (nSPS) is 12.8. The van der Waals surface area contributed by atoms with Crippen molar-refractivity contribution in [3.05, 3.63) is 24.2 Å². The number of nitrogens with one attached hydrogen (secondary N) is 1. The van der Waals surface area contributed by atoms with Gasteiger partial charge in [-0.15, -0.1) is 0 Å². The van der Waals surface area contributed by atoms with E-state index in [0.717, 1.165) is 0 Å². The molecule has 0 saturated carbocycles. The van der Waals surface area contributed by atoms with Crippen LogP contribution in [0.15, 0.2) is 22.8 Å². The Bertz CT molecular complexity index is 231. The highest BCUT2D eigenvalue weighted by molar-refractivity contribution is 5.80. The monoisotopic (exact) mass is 154 g/mol. The standard InChI is InChI=1S/C7H10N2O2/c1-9-6(7(8)10)5-3-2-4-11-5/h2-4,6,9H,1H3,(H2,8,10). The van der Waals surface area contributed by atoms with Crippen LogP contribution in [0.2, 0.25) is 0 Å². The van der Waals surface area contributed by atoms with Gasteiger partial charge in [0.05, 0.1) is 6.26 Å². The highest BCUT2D eigenvalue weighted by Gasteiger charge is 2.17. The molecule has 4 heteroatoms. The molecule has 0 fully saturated rings. The van der Waals surface area contributed by atoms with Crippen molar-refractivity contribution in [2.24, 2.45) is 5.73 Å². The number of primary amides is 1. The summed E-state index contributed by atoms with van der Waals surface area (Å²) in [6.07, 6.45) is 1.50. The lowest BCUT2D eigenvalue weighted by atomic mass is 10.2. The number of carbonyl (C=O) groups is 1. The van der Waals surface area contributed by atoms with E-state index in [-0.39, 0.29) is 0 Å². The summed E-state index contributed by atoms with van der Waals surface area (Å²) in [5, 5.41) is 2.74. The molecule has 0 saturated heterocycles. The molecule has 0 aromatic carbocycles. The Kier molecular flexibility index (Phi) is 2.28. The molecule has 1 rings (SSSR count). The lowest BCUT2D eigenvalue weighted by molar-refractivity contribution is -0.120. The number of carbonyl (C=O) groups excluding carboxylic acids is 1. The Morgan fingerprint density at radius 3 is 2.91 bits per heavy atom. The fourth-order valence-electron chi connectivity index (χ4n) is 0.880. The second kappa shape index (κ2) is 3.21. The highest BCUT2D eigenvalue weighted by atomic mass is 16.3. The number of likely N-dealkylation sites (N-methyl/N-ethyl adjacent to an activating group) is 1. The first-order chi connectivity index (χ1) is 5.25. The van der Waals surface area contributed by atoms with E-state index in [1.807, 2.05) is 0 Å². The van der Waals surface area contributed by atoms with Crippen molar-refractivity contribution < 1.29 is 9.21 Å². The van der Waals surface area contributed by atoms with Crippen molar-refractivity contribution in [2.75, 3.05) is 7.05 Å². The van der Waals surface area contributed by atoms with Crippen LogP contribution < -0.4 is 11.1 Å². The molecule has 0 aliphatic heterocycles. The number of nitrogens with two attached hydrogens (primary N) is 1. The first-order valence-corrected chi connectivity index (χ1v) is 3.25. The Hall–Kier alpha value is -1.29. The van der Waals surface area contributed by atoms with E-state index < -0.39 is 11.9 Å². The van der Waals surface area contributed by atoms with E-state index in [0.29, 0.717) is 5.76 Å². The minimum Gasteiger partial charge on any atom is -0.467 e. The summed E-state index contributed by atoms with van der Waals surface area (Å²) in [7, 11) is 1.65. The van der Waals surface area contributed by atoms with Crippen molar-refractivity contribution >= 4 is 5.91 Å². The summed E-state index contributed by atoms with van der Waals surface area (Å²) in [4.78, 5) is 10.7. The predicted octanol–water partition coefficient (Wildman–Crippen LogP) is 0.0254. The maximum absolute atomic E-state index is 10.7. The highest BCUT2D eigenvalue weighted by Crippen LogP contribution is 2.11. The van der Waals surface area contributed by atoms with Gasteiger partial charge in [0.15, 0.2) is 0 Å². The molecule has 4 nitrogen and oxygen atoms in total. The molecule has 1 atom stereocenters. The fourth-order valence-corrected chi connectivity index (χ4v) is 0.880. The molecule has 1 aromatic rings. The number of hydrogen-bond acceptors (Lipinski definition) is 3. The SMILES string of the molecule is CNC(C(N)=O)c1ccco1. The Labute approximate surface area is 64.4 Å². The molecule has 0 spiro atoms. The van der Waals surface area contributed by atoms with Gasteiger partial charge >= 0.3 is 0 Å². The molecule has 0 bridgehead atoms. The zero-order chi connectivity index (χ0) is 8.27. The van der Waals surface area contributed by atoms with Crippen molar-refractivity contribution in [3.63, 3.8) is 0 Å². The van der Waals surface area contributed by atoms with Gasteiger partial charge in [-0.25, -0.2) is 0 Å². The van der Waals surface area contributed by atoms with E-state index in [9.17, 15) is 4.79 Å². The predicted molar refractivity (Wildman–Crippen MR) is 39.7 cm³/mol. The maximum Gasteiger partial charge on any atom is 0.242 e. The van der Waals surface area contributed by atoms with Crippen LogP contribution in [0.25, 0.3) is 0 Å². The van der Waals surface area contributed by atoms with E-state index >= 15 is 0 Å². The van der Waals surface area contributed by atoms with Gasteiger partial charge in [-0.3, -0.25) is 4.79 Å². The van der Waals surface area contributed by atoms with Gasteiger partial charge in [0.25, 0.3) is 0 Å². The van der Waals surface area contributed by atoms with Gasteiger partial charge in [-0.05, 0) is 19.2 Å². The van der Waals surface area contributed by atoms with Gasteiger partial charge in [0, 0.05) is 0 Å². The van der Waals surface area contributed by atoms with Crippen molar-refractivity contribution in [2.45, 2.75) is 6.04 Å². The second-order valence-corrected chi connectivity index (χ2v) is 2.14. The average Bonchev–Trinajstić information content (AvgIpc) is 2.40. The summed E-state index contributed by atoms with van der Waals surface area (Å²) >= 11 is 0. The van der Waals surface area contributed by atoms with E-state index in [2.05, 4.69) is 5.32 Å². The van der Waals surface area contributed by atoms with E-state index in [1.54, 1.807) is 19.2 Å². The topological polar surface area (TPSA) is 68.3 Å². The molecule has 0 aliphatic rings. The minimum absolute atomic E-state index is 0.442. The number of hydrogen-bond donors (Lipinski definition) is 2. The van der Waals surface area contributed by atoms with Crippen LogP contribution in [0.3, 0.4) is 0 Å². The Balaban J connectivity index is 2.79. The van der Waals surface area contributed by atoms with Gasteiger partial charge in [0.2, 0.25) is 5.91 Å². The fraction of sp³-hybridized carbons (Fsp3) is 0.286. The second-order valence-electron chi connectivity index (χ2n) is 2.14. The van der Waals surface area contributed by atoms with Crippen LogP contribution in [0, 0.1) is 0 Å². The van der Waals surface area contributed by atoms with Gasteiger partial charge < -0.3 is 15.5 Å². The summed E-state index contributed by atoms with van der Waals surface area (Å²) in [6.45, 7) is 0. The summed E-state index contributed by atoms with van der Waals surface area (Å²) < 4.78 is 4.98. The molecule has 1 heterocycles. The molecule has 11 heavy (non-hydrogen) atoms. The van der Waals surface area contributed by atoms with Crippen LogP contribution in [-0.4, -0.2) is 13.0 Å². The maximum atomic E-state index is 10.7. The zero-order valence-electron chi connectivity index (χ0n) is 6.20. The molecule has 3 N–H and O–H groups in total. The number of furan rings is 1. The number of rotatable bonds is 3. The van der Waals surface area contributed by atoms with Crippen LogP contribution in [0.5, 0.6) is 0 Å². The first kappa shape index (κ1) is 7.81. The zero-order valence-corrected chi connectivity index (χ0v) is 6.20. The molecule has 0 radical (unpaired) electrons. The van der Waals surface area contributed by atoms with Crippen LogP contribution in [0.4, 0.5) is 0 Å². The van der Waals surface area contributed by atoms with E-state index in [1.165, 1.54) is 6.26 Å². The Morgan fingerprint density at radius 2 is 2.55 bits per heavy atom. The van der Waals surface area contributed by atoms with Crippen LogP contribution in [-0.2, 0) is 4.79 Å². The third-order valence-electron chi connectivity index (χ3n) is 1.40. The van der Waals surface area contributed by atoms with E-state index in [4.69, 9.17) is 10.2 Å². The lowest BCUT2D eigenvalue weighted by Crippen LogP contribution is -2.30. The lowest BCUT2D eigenvalue weighted by Gasteiger charge is -2.07. The third kappa shape index (κ3) is 1.59. The average molecular weight is 154 g/mol. The quantitative estimate of drug-likeness (QED) is 0.645. The molecule has 1 aromatic heterocycles. The minimum atomic E-state index is -0.523. The molecular weight excluding hydrogens is 144 g/mol. The largest absolute Gasteiger partial charge is 0.467 e. The third-order valence-corrected chi connectivity index (χ3v) is 1.40. The van der Waals surface area contributed by atoms with Gasteiger partial charge in [0.1, 0.15) is 11.8 Å². The first-order valence-electron chi connectivity index (χ1n) is 3.25.